The predicted octanol–water partition coefficient (Wildman–Crippen LogP) is 3.86. The van der Waals surface area contributed by atoms with Crippen LogP contribution in [0, 0.1) is 5.82 Å². The van der Waals surface area contributed by atoms with E-state index in [4.69, 9.17) is 0 Å². The SMILES string of the molecule is Cn1ncc(C=CC(=O)Nc2ccc(Cn3c(O)csc3=O)cc2)c1-c1ccc(F)cc1. The Morgan fingerprint density at radius 1 is 1.19 bits per heavy atom. The minimum atomic E-state index is -0.322. The molecule has 32 heavy (non-hydrogen) atoms. The Morgan fingerprint density at radius 2 is 1.91 bits per heavy atom. The number of amides is 1. The van der Waals surface area contributed by atoms with Crippen LogP contribution in [-0.4, -0.2) is 25.4 Å². The number of nitrogens with zero attached hydrogens (tertiary/aromatic N) is 3. The van der Waals surface area contributed by atoms with Crippen LogP contribution in [0.5, 0.6) is 5.88 Å². The average molecular weight is 450 g/mol. The van der Waals surface area contributed by atoms with Gasteiger partial charge >= 0.3 is 4.87 Å². The number of rotatable bonds is 6. The van der Waals surface area contributed by atoms with Crippen molar-refractivity contribution in [1.82, 2.24) is 14.3 Å². The van der Waals surface area contributed by atoms with Crippen molar-refractivity contribution in [2.45, 2.75) is 6.54 Å². The smallest absolute Gasteiger partial charge is 0.310 e. The number of aromatic nitrogens is 3. The van der Waals surface area contributed by atoms with Gasteiger partial charge in [-0.05, 0) is 48.0 Å². The number of aromatic hydroxyl groups is 1. The Balaban J connectivity index is 1.43. The fourth-order valence-corrected chi connectivity index (χ4v) is 3.85. The normalized spacial score (nSPS) is 11.2. The van der Waals surface area contributed by atoms with E-state index in [-0.39, 0.29) is 29.0 Å². The molecule has 0 saturated heterocycles. The first kappa shape index (κ1) is 21.3. The van der Waals surface area contributed by atoms with E-state index in [1.807, 2.05) is 0 Å². The first-order valence-electron chi connectivity index (χ1n) is 9.64. The summed E-state index contributed by atoms with van der Waals surface area (Å²) in [6.07, 6.45) is 4.70. The van der Waals surface area contributed by atoms with Crippen LogP contribution in [-0.2, 0) is 18.4 Å². The fourth-order valence-electron chi connectivity index (χ4n) is 3.23. The Morgan fingerprint density at radius 3 is 2.56 bits per heavy atom. The maximum atomic E-state index is 13.2. The summed E-state index contributed by atoms with van der Waals surface area (Å²) in [4.78, 5) is 23.8. The van der Waals surface area contributed by atoms with Crippen molar-refractivity contribution in [3.8, 4) is 17.1 Å². The summed E-state index contributed by atoms with van der Waals surface area (Å²) >= 11 is 0.937. The Hall–Kier alpha value is -3.98. The zero-order chi connectivity index (χ0) is 22.7. The Bertz CT molecular complexity index is 1340. The van der Waals surface area contributed by atoms with Gasteiger partial charge in [-0.25, -0.2) is 4.39 Å². The van der Waals surface area contributed by atoms with Gasteiger partial charge in [-0.2, -0.15) is 5.10 Å². The summed E-state index contributed by atoms with van der Waals surface area (Å²) in [5.74, 6) is -0.714. The second kappa shape index (κ2) is 9.03. The first-order chi connectivity index (χ1) is 15.4. The Labute approximate surface area is 186 Å². The van der Waals surface area contributed by atoms with Crippen molar-refractivity contribution in [1.29, 1.82) is 0 Å². The minimum absolute atomic E-state index is 0.0714. The summed E-state index contributed by atoms with van der Waals surface area (Å²) in [6, 6.07) is 13.1. The third-order valence-corrected chi connectivity index (χ3v) is 5.57. The number of anilines is 1. The van der Waals surface area contributed by atoms with Gasteiger partial charge < -0.3 is 10.4 Å². The molecule has 0 aliphatic rings. The van der Waals surface area contributed by atoms with Gasteiger partial charge in [0.15, 0.2) is 0 Å². The van der Waals surface area contributed by atoms with Gasteiger partial charge in [0.2, 0.25) is 11.8 Å². The molecule has 0 aliphatic carbocycles. The molecule has 2 N–H and O–H groups in total. The van der Waals surface area contributed by atoms with Crippen molar-refractivity contribution >= 4 is 29.0 Å². The quantitative estimate of drug-likeness (QED) is 0.437. The van der Waals surface area contributed by atoms with Crippen molar-refractivity contribution in [3.63, 3.8) is 0 Å². The molecule has 4 rings (SSSR count). The van der Waals surface area contributed by atoms with Gasteiger partial charge in [-0.3, -0.25) is 18.8 Å². The highest BCUT2D eigenvalue weighted by molar-refractivity contribution is 7.07. The number of hydrogen-bond donors (Lipinski definition) is 2. The molecule has 2 aromatic carbocycles. The molecule has 162 valence electrons. The number of nitrogens with one attached hydrogen (secondary N) is 1. The number of benzene rings is 2. The zero-order valence-electron chi connectivity index (χ0n) is 17.0. The van der Waals surface area contributed by atoms with Gasteiger partial charge in [0.1, 0.15) is 5.82 Å². The van der Waals surface area contributed by atoms with E-state index in [0.29, 0.717) is 5.69 Å². The van der Waals surface area contributed by atoms with Gasteiger partial charge in [0.05, 0.1) is 23.8 Å². The molecule has 0 radical (unpaired) electrons. The highest BCUT2D eigenvalue weighted by Gasteiger charge is 2.10. The zero-order valence-corrected chi connectivity index (χ0v) is 17.8. The second-order valence-corrected chi connectivity index (χ2v) is 7.87. The lowest BCUT2D eigenvalue weighted by Gasteiger charge is -2.06. The average Bonchev–Trinajstić information content (AvgIpc) is 3.31. The molecule has 0 spiro atoms. The lowest BCUT2D eigenvalue weighted by atomic mass is 10.1. The van der Waals surface area contributed by atoms with Crippen LogP contribution in [0.4, 0.5) is 10.1 Å². The molecule has 0 saturated carbocycles. The molecule has 0 bridgehead atoms. The number of hydrogen-bond acceptors (Lipinski definition) is 5. The standard InChI is InChI=1S/C23H19FN4O3S/c1-27-22(16-4-7-18(24)8-5-16)17(12-25-27)6-11-20(29)26-19-9-2-15(3-10-19)13-28-21(30)14-32-23(28)31/h2-12,14,30H,13H2,1H3,(H,26,29). The molecule has 7 nitrogen and oxygen atoms in total. The van der Waals surface area contributed by atoms with Crippen LogP contribution in [0.25, 0.3) is 17.3 Å². The number of halogens is 1. The first-order valence-corrected chi connectivity index (χ1v) is 10.5. The van der Waals surface area contributed by atoms with Crippen LogP contribution in [0.1, 0.15) is 11.1 Å². The lowest BCUT2D eigenvalue weighted by molar-refractivity contribution is -0.111. The highest BCUT2D eigenvalue weighted by Crippen LogP contribution is 2.24. The molecule has 0 unspecified atom stereocenters. The van der Waals surface area contributed by atoms with Gasteiger partial charge in [-0.15, -0.1) is 0 Å². The summed E-state index contributed by atoms with van der Waals surface area (Å²) in [5.41, 5.74) is 3.69. The summed E-state index contributed by atoms with van der Waals surface area (Å²) < 4.78 is 16.2. The van der Waals surface area contributed by atoms with Crippen LogP contribution in [0.15, 0.2) is 71.0 Å². The summed E-state index contributed by atoms with van der Waals surface area (Å²) in [5, 5.41) is 18.1. The molecule has 4 aromatic rings. The summed E-state index contributed by atoms with van der Waals surface area (Å²) in [7, 11) is 1.78. The maximum absolute atomic E-state index is 13.2. The van der Waals surface area contributed by atoms with Crippen LogP contribution >= 0.6 is 11.3 Å². The van der Waals surface area contributed by atoms with Crippen molar-refractivity contribution in [3.05, 3.63) is 92.8 Å². The fraction of sp³-hybridized carbons (Fsp3) is 0.0870. The number of thiazole rings is 1. The van der Waals surface area contributed by atoms with Gasteiger partial charge in [-0.1, -0.05) is 23.5 Å². The van der Waals surface area contributed by atoms with E-state index >= 15 is 0 Å². The molecule has 0 fully saturated rings. The molecule has 0 aliphatic heterocycles. The van der Waals surface area contributed by atoms with E-state index < -0.39 is 0 Å². The van der Waals surface area contributed by atoms with Crippen molar-refractivity contribution in [2.24, 2.45) is 7.05 Å². The number of carbonyl (C=O) groups is 1. The topological polar surface area (TPSA) is 89.2 Å². The van der Waals surface area contributed by atoms with Gasteiger partial charge in [0, 0.05) is 29.9 Å². The summed E-state index contributed by atoms with van der Waals surface area (Å²) in [6.45, 7) is 0.246. The van der Waals surface area contributed by atoms with E-state index in [0.717, 1.165) is 33.7 Å². The molecule has 1 amide bonds. The Kier molecular flexibility index (Phi) is 6.00. The third kappa shape index (κ3) is 4.68. The molecule has 9 heteroatoms. The maximum Gasteiger partial charge on any atom is 0.310 e. The minimum Gasteiger partial charge on any atom is -0.494 e. The van der Waals surface area contributed by atoms with E-state index in [1.165, 1.54) is 28.2 Å². The van der Waals surface area contributed by atoms with Crippen LogP contribution < -0.4 is 10.2 Å². The largest absolute Gasteiger partial charge is 0.494 e. The van der Waals surface area contributed by atoms with E-state index in [1.54, 1.807) is 60.4 Å². The highest BCUT2D eigenvalue weighted by atomic mass is 32.1. The molecular formula is C23H19FN4O3S. The number of carbonyl (C=O) groups excluding carboxylic acids is 1. The monoisotopic (exact) mass is 450 g/mol. The van der Waals surface area contributed by atoms with Crippen LogP contribution in [0.2, 0.25) is 0 Å². The van der Waals surface area contributed by atoms with Crippen molar-refractivity contribution in [2.75, 3.05) is 5.32 Å². The second-order valence-electron chi connectivity index (χ2n) is 7.04. The molecule has 2 heterocycles. The molecule has 0 atom stereocenters. The van der Waals surface area contributed by atoms with Crippen molar-refractivity contribution < 1.29 is 14.3 Å². The van der Waals surface area contributed by atoms with E-state index in [9.17, 15) is 19.1 Å². The van der Waals surface area contributed by atoms with Gasteiger partial charge in [0.25, 0.3) is 0 Å². The lowest BCUT2D eigenvalue weighted by Crippen LogP contribution is -2.13. The molecular weight excluding hydrogens is 431 g/mol. The third-order valence-electron chi connectivity index (χ3n) is 4.82. The predicted molar refractivity (Wildman–Crippen MR) is 122 cm³/mol. The molecule has 2 aromatic heterocycles. The number of aryl methyl sites for hydroxylation is 1. The van der Waals surface area contributed by atoms with Crippen LogP contribution in [0.3, 0.4) is 0 Å². The van der Waals surface area contributed by atoms with E-state index in [2.05, 4.69) is 10.4 Å².